The number of nitrogens with one attached hydrogen (secondary N) is 1. The molecular weight excluding hydrogens is 322 g/mol. The third kappa shape index (κ3) is 3.13. The molecular formula is C22H25N3O. The van der Waals surface area contributed by atoms with Gasteiger partial charge in [-0.25, -0.2) is 0 Å². The summed E-state index contributed by atoms with van der Waals surface area (Å²) in [6, 6.07) is 15.5. The van der Waals surface area contributed by atoms with Gasteiger partial charge in [-0.2, -0.15) is 5.10 Å². The van der Waals surface area contributed by atoms with Crippen LogP contribution < -0.4 is 4.74 Å². The van der Waals surface area contributed by atoms with Gasteiger partial charge in [0.15, 0.2) is 0 Å². The van der Waals surface area contributed by atoms with Gasteiger partial charge in [-0.1, -0.05) is 24.3 Å². The molecule has 26 heavy (non-hydrogen) atoms. The van der Waals surface area contributed by atoms with E-state index in [9.17, 15) is 0 Å². The number of likely N-dealkylation sites (tertiary alicyclic amines) is 1. The number of benzene rings is 2. The average Bonchev–Trinajstić information content (AvgIpc) is 3.09. The van der Waals surface area contributed by atoms with Crippen LogP contribution in [0.15, 0.2) is 48.7 Å². The Kier molecular flexibility index (Phi) is 4.51. The van der Waals surface area contributed by atoms with Crippen molar-refractivity contribution in [1.82, 2.24) is 15.1 Å². The highest BCUT2D eigenvalue weighted by Gasteiger charge is 2.30. The van der Waals surface area contributed by atoms with E-state index < -0.39 is 0 Å². The molecule has 0 aliphatic carbocycles. The summed E-state index contributed by atoms with van der Waals surface area (Å²) in [6.07, 6.45) is 3.15. The Balaban J connectivity index is 1.55. The highest BCUT2D eigenvalue weighted by molar-refractivity contribution is 5.64. The van der Waals surface area contributed by atoms with Gasteiger partial charge in [-0.15, -0.1) is 0 Å². The first-order valence-corrected chi connectivity index (χ1v) is 9.13. The fraction of sp³-hybridized carbons (Fsp3) is 0.318. The van der Waals surface area contributed by atoms with E-state index in [1.807, 2.05) is 12.3 Å². The zero-order chi connectivity index (χ0) is 18.1. The van der Waals surface area contributed by atoms with Crippen molar-refractivity contribution in [2.24, 2.45) is 0 Å². The van der Waals surface area contributed by atoms with E-state index in [1.54, 1.807) is 7.11 Å². The maximum atomic E-state index is 5.38. The Morgan fingerprint density at radius 2 is 2.04 bits per heavy atom. The molecule has 0 radical (unpaired) electrons. The maximum absolute atomic E-state index is 5.38. The van der Waals surface area contributed by atoms with Crippen molar-refractivity contribution in [2.45, 2.75) is 32.9 Å². The Labute approximate surface area is 154 Å². The molecule has 0 amide bonds. The molecule has 1 aliphatic rings. The van der Waals surface area contributed by atoms with E-state index in [-0.39, 0.29) is 0 Å². The van der Waals surface area contributed by atoms with Gasteiger partial charge in [-0.3, -0.25) is 10.00 Å². The second-order valence-corrected chi connectivity index (χ2v) is 7.12. The predicted molar refractivity (Wildman–Crippen MR) is 104 cm³/mol. The third-order valence-corrected chi connectivity index (χ3v) is 5.50. The van der Waals surface area contributed by atoms with Gasteiger partial charge >= 0.3 is 0 Å². The van der Waals surface area contributed by atoms with Crippen LogP contribution >= 0.6 is 0 Å². The normalized spacial score (nSPS) is 17.1. The van der Waals surface area contributed by atoms with Crippen molar-refractivity contribution >= 4 is 0 Å². The summed E-state index contributed by atoms with van der Waals surface area (Å²) < 4.78 is 5.38. The van der Waals surface area contributed by atoms with Crippen LogP contribution in [0.5, 0.6) is 5.75 Å². The number of nitrogens with zero attached hydrogens (tertiary/aromatic N) is 2. The van der Waals surface area contributed by atoms with Crippen LogP contribution in [0.4, 0.5) is 0 Å². The molecule has 1 saturated heterocycles. The Bertz CT molecular complexity index is 915. The molecule has 0 bridgehead atoms. The van der Waals surface area contributed by atoms with Crippen molar-refractivity contribution < 1.29 is 4.74 Å². The van der Waals surface area contributed by atoms with Crippen molar-refractivity contribution in [3.05, 3.63) is 70.9 Å². The van der Waals surface area contributed by atoms with Gasteiger partial charge in [0.1, 0.15) is 5.75 Å². The van der Waals surface area contributed by atoms with Crippen LogP contribution in [0.3, 0.4) is 0 Å². The number of H-pyrrole nitrogens is 1. The zero-order valence-electron chi connectivity index (χ0n) is 15.6. The lowest BCUT2D eigenvalue weighted by atomic mass is 9.93. The quantitative estimate of drug-likeness (QED) is 0.730. The minimum absolute atomic E-state index is 0.451. The van der Waals surface area contributed by atoms with Gasteiger partial charge in [0.05, 0.1) is 19.0 Å². The van der Waals surface area contributed by atoms with Crippen molar-refractivity contribution in [1.29, 1.82) is 0 Å². The standard InChI is InChI=1S/C22H25N3O/c1-15-7-8-18(11-16(15)2)22-19(13-23-24-22)14-25-10-9-21(25)17-5-4-6-20(12-17)26-3/h4-8,11-13,21H,9-10,14H2,1-3H3,(H,23,24)/t21-/m1/s1. The summed E-state index contributed by atoms with van der Waals surface area (Å²) in [5.41, 5.74) is 7.54. The van der Waals surface area contributed by atoms with E-state index in [0.29, 0.717) is 6.04 Å². The molecule has 2 heterocycles. The summed E-state index contributed by atoms with van der Waals surface area (Å²) >= 11 is 0. The molecule has 1 aliphatic heterocycles. The number of aromatic amines is 1. The Hall–Kier alpha value is -2.59. The lowest BCUT2D eigenvalue weighted by Crippen LogP contribution is -2.40. The first-order valence-electron chi connectivity index (χ1n) is 9.13. The maximum Gasteiger partial charge on any atom is 0.119 e. The predicted octanol–water partition coefficient (Wildman–Crippen LogP) is 4.65. The van der Waals surface area contributed by atoms with Crippen LogP contribution in [0, 0.1) is 13.8 Å². The molecule has 1 aromatic heterocycles. The van der Waals surface area contributed by atoms with E-state index in [0.717, 1.165) is 24.5 Å². The summed E-state index contributed by atoms with van der Waals surface area (Å²) in [4.78, 5) is 2.50. The Morgan fingerprint density at radius 1 is 1.15 bits per heavy atom. The summed E-state index contributed by atoms with van der Waals surface area (Å²) in [5, 5.41) is 7.51. The minimum Gasteiger partial charge on any atom is -0.497 e. The van der Waals surface area contributed by atoms with Gasteiger partial charge in [0.2, 0.25) is 0 Å². The molecule has 4 heteroatoms. The summed E-state index contributed by atoms with van der Waals surface area (Å²) in [5.74, 6) is 0.925. The summed E-state index contributed by atoms with van der Waals surface area (Å²) in [6.45, 7) is 6.31. The number of hydrogen-bond donors (Lipinski definition) is 1. The molecule has 0 unspecified atom stereocenters. The number of hydrogen-bond acceptors (Lipinski definition) is 3. The molecule has 4 nitrogen and oxygen atoms in total. The highest BCUT2D eigenvalue weighted by Crippen LogP contribution is 2.37. The van der Waals surface area contributed by atoms with Crippen LogP contribution in [0.2, 0.25) is 0 Å². The molecule has 3 aromatic rings. The van der Waals surface area contributed by atoms with Gasteiger partial charge in [0, 0.05) is 30.3 Å². The Morgan fingerprint density at radius 3 is 2.77 bits per heavy atom. The SMILES string of the molecule is COc1cccc([C@H]2CCN2Cc2cn[nH]c2-c2ccc(C)c(C)c2)c1. The lowest BCUT2D eigenvalue weighted by molar-refractivity contribution is 0.0819. The van der Waals surface area contributed by atoms with Crippen LogP contribution in [-0.2, 0) is 6.54 Å². The number of aryl methyl sites for hydroxylation is 2. The largest absolute Gasteiger partial charge is 0.497 e. The second-order valence-electron chi connectivity index (χ2n) is 7.12. The molecule has 134 valence electrons. The van der Waals surface area contributed by atoms with E-state index in [1.165, 1.54) is 34.2 Å². The third-order valence-electron chi connectivity index (χ3n) is 5.50. The van der Waals surface area contributed by atoms with Crippen molar-refractivity contribution in [2.75, 3.05) is 13.7 Å². The van der Waals surface area contributed by atoms with Crippen molar-refractivity contribution in [3.63, 3.8) is 0 Å². The number of ether oxygens (including phenoxy) is 1. The first-order chi connectivity index (χ1) is 12.7. The fourth-order valence-electron chi connectivity index (χ4n) is 3.65. The van der Waals surface area contributed by atoms with E-state index >= 15 is 0 Å². The smallest absolute Gasteiger partial charge is 0.119 e. The van der Waals surface area contributed by atoms with Gasteiger partial charge in [-0.05, 0) is 55.2 Å². The average molecular weight is 347 g/mol. The second kappa shape index (κ2) is 6.96. The molecule has 1 atom stereocenters. The van der Waals surface area contributed by atoms with Crippen LogP contribution in [0.1, 0.15) is 34.7 Å². The first kappa shape index (κ1) is 16.9. The topological polar surface area (TPSA) is 41.1 Å². The highest BCUT2D eigenvalue weighted by atomic mass is 16.5. The zero-order valence-corrected chi connectivity index (χ0v) is 15.6. The van der Waals surface area contributed by atoms with E-state index in [4.69, 9.17) is 4.74 Å². The lowest BCUT2D eigenvalue weighted by Gasteiger charge is -2.41. The molecule has 0 spiro atoms. The summed E-state index contributed by atoms with van der Waals surface area (Å²) in [7, 11) is 1.72. The fourth-order valence-corrected chi connectivity index (χ4v) is 3.65. The molecule has 1 N–H and O–H groups in total. The number of rotatable bonds is 5. The number of methoxy groups -OCH3 is 1. The van der Waals surface area contributed by atoms with E-state index in [2.05, 4.69) is 65.3 Å². The van der Waals surface area contributed by atoms with Crippen molar-refractivity contribution in [3.8, 4) is 17.0 Å². The van der Waals surface area contributed by atoms with Crippen LogP contribution in [-0.4, -0.2) is 28.8 Å². The van der Waals surface area contributed by atoms with Gasteiger partial charge in [0.25, 0.3) is 0 Å². The number of aromatic nitrogens is 2. The minimum atomic E-state index is 0.451. The molecule has 1 fully saturated rings. The molecule has 4 rings (SSSR count). The molecule has 2 aromatic carbocycles. The monoisotopic (exact) mass is 347 g/mol. The molecule has 0 saturated carbocycles. The van der Waals surface area contributed by atoms with Gasteiger partial charge < -0.3 is 4.74 Å². The van der Waals surface area contributed by atoms with Crippen LogP contribution in [0.25, 0.3) is 11.3 Å².